The van der Waals surface area contributed by atoms with Crippen LogP contribution in [0.2, 0.25) is 0 Å². The molecule has 0 bridgehead atoms. The summed E-state index contributed by atoms with van der Waals surface area (Å²) in [5.74, 6) is 0. The van der Waals surface area contributed by atoms with E-state index in [1.807, 2.05) is 0 Å². The van der Waals surface area contributed by atoms with Crippen LogP contribution in [0.15, 0.2) is 0 Å². The molecule has 0 aliphatic rings. The average Bonchev–Trinajstić information content (AvgIpc) is 2.48. The van der Waals surface area contributed by atoms with Gasteiger partial charge in [0.1, 0.15) is 0 Å². The van der Waals surface area contributed by atoms with E-state index in [2.05, 4.69) is 13.8 Å². The van der Waals surface area contributed by atoms with Crippen LogP contribution in [0.25, 0.3) is 0 Å². The van der Waals surface area contributed by atoms with Gasteiger partial charge in [-0.25, -0.2) is 0 Å². The van der Waals surface area contributed by atoms with Gasteiger partial charge in [0.25, 0.3) is 0 Å². The van der Waals surface area contributed by atoms with Crippen LogP contribution in [0.4, 0.5) is 0 Å². The van der Waals surface area contributed by atoms with Crippen LogP contribution in [0, 0.1) is 0 Å². The van der Waals surface area contributed by atoms with Crippen LogP contribution in [0.3, 0.4) is 0 Å². The SMILES string of the molecule is CCCCCCCCCCCCCCC(N)(CC)CO. The van der Waals surface area contributed by atoms with Gasteiger partial charge in [0.2, 0.25) is 0 Å². The molecule has 0 aromatic heterocycles. The van der Waals surface area contributed by atoms with Gasteiger partial charge in [-0.3, -0.25) is 0 Å². The minimum atomic E-state index is -0.321. The first-order valence-electron chi connectivity index (χ1n) is 9.08. The number of unbranched alkanes of at least 4 members (excludes halogenated alkanes) is 11. The molecule has 0 saturated carbocycles. The van der Waals surface area contributed by atoms with E-state index in [4.69, 9.17) is 5.73 Å². The molecule has 122 valence electrons. The Hall–Kier alpha value is -0.0800. The van der Waals surface area contributed by atoms with Crippen LogP contribution in [-0.2, 0) is 0 Å². The predicted molar refractivity (Wildman–Crippen MR) is 90.0 cm³/mol. The number of hydrogen-bond acceptors (Lipinski definition) is 2. The summed E-state index contributed by atoms with van der Waals surface area (Å²) in [7, 11) is 0. The molecule has 0 aliphatic carbocycles. The Labute approximate surface area is 127 Å². The van der Waals surface area contributed by atoms with E-state index >= 15 is 0 Å². The van der Waals surface area contributed by atoms with E-state index in [1.165, 1.54) is 77.0 Å². The van der Waals surface area contributed by atoms with Crippen LogP contribution in [0.1, 0.15) is 104 Å². The summed E-state index contributed by atoms with van der Waals surface area (Å²) in [5, 5.41) is 9.24. The second kappa shape index (κ2) is 13.9. The Morgan fingerprint density at radius 1 is 0.700 bits per heavy atom. The van der Waals surface area contributed by atoms with Gasteiger partial charge in [0, 0.05) is 5.54 Å². The molecule has 0 aliphatic heterocycles. The lowest BCUT2D eigenvalue weighted by atomic mass is 9.91. The second-order valence-electron chi connectivity index (χ2n) is 6.51. The normalized spacial score (nSPS) is 14.4. The maximum absolute atomic E-state index is 9.24. The molecule has 0 radical (unpaired) electrons. The molecule has 0 aromatic rings. The van der Waals surface area contributed by atoms with Crippen LogP contribution in [-0.4, -0.2) is 17.3 Å². The molecule has 0 amide bonds. The molecule has 2 heteroatoms. The Bertz CT molecular complexity index is 190. The zero-order chi connectivity index (χ0) is 15.1. The summed E-state index contributed by atoms with van der Waals surface area (Å²) in [5.41, 5.74) is 5.76. The fourth-order valence-corrected chi connectivity index (χ4v) is 2.69. The van der Waals surface area contributed by atoms with Gasteiger partial charge in [0.15, 0.2) is 0 Å². The van der Waals surface area contributed by atoms with Gasteiger partial charge >= 0.3 is 0 Å². The third-order valence-electron chi connectivity index (χ3n) is 4.55. The molecule has 0 fully saturated rings. The molecule has 2 nitrogen and oxygen atoms in total. The van der Waals surface area contributed by atoms with Crippen molar-refractivity contribution < 1.29 is 5.11 Å². The molecule has 20 heavy (non-hydrogen) atoms. The van der Waals surface area contributed by atoms with Crippen LogP contribution >= 0.6 is 0 Å². The minimum Gasteiger partial charge on any atom is -0.394 e. The molecule has 3 N–H and O–H groups in total. The van der Waals surface area contributed by atoms with Crippen molar-refractivity contribution in [2.45, 2.75) is 109 Å². The monoisotopic (exact) mass is 285 g/mol. The lowest BCUT2D eigenvalue weighted by molar-refractivity contribution is 0.179. The molecule has 0 heterocycles. The Balaban J connectivity index is 3.17. The first-order valence-corrected chi connectivity index (χ1v) is 9.08. The first kappa shape index (κ1) is 19.9. The van der Waals surface area contributed by atoms with Gasteiger partial charge in [-0.05, 0) is 12.8 Å². The lowest BCUT2D eigenvalue weighted by Crippen LogP contribution is -2.42. The van der Waals surface area contributed by atoms with E-state index < -0.39 is 0 Å². The van der Waals surface area contributed by atoms with Gasteiger partial charge < -0.3 is 10.8 Å². The highest BCUT2D eigenvalue weighted by Gasteiger charge is 2.20. The Morgan fingerprint density at radius 2 is 1.10 bits per heavy atom. The highest BCUT2D eigenvalue weighted by Crippen LogP contribution is 2.17. The summed E-state index contributed by atoms with van der Waals surface area (Å²) in [4.78, 5) is 0. The summed E-state index contributed by atoms with van der Waals surface area (Å²) in [6, 6.07) is 0. The highest BCUT2D eigenvalue weighted by atomic mass is 16.3. The lowest BCUT2D eigenvalue weighted by Gasteiger charge is -2.25. The number of aliphatic hydroxyl groups is 1. The number of aliphatic hydroxyl groups excluding tert-OH is 1. The maximum atomic E-state index is 9.24. The predicted octanol–water partition coefficient (Wildman–Crippen LogP) is 5.18. The standard InChI is InChI=1S/C18H39NO/c1-3-5-6-7-8-9-10-11-12-13-14-15-16-18(19,4-2)17-20/h20H,3-17,19H2,1-2H3. The number of nitrogens with two attached hydrogens (primary N) is 1. The van der Waals surface area contributed by atoms with E-state index in [-0.39, 0.29) is 12.1 Å². The van der Waals surface area contributed by atoms with Gasteiger partial charge in [-0.15, -0.1) is 0 Å². The zero-order valence-electron chi connectivity index (χ0n) is 14.1. The van der Waals surface area contributed by atoms with Crippen molar-refractivity contribution in [3.8, 4) is 0 Å². The van der Waals surface area contributed by atoms with Crippen molar-refractivity contribution in [1.29, 1.82) is 0 Å². The van der Waals surface area contributed by atoms with Crippen molar-refractivity contribution in [3.63, 3.8) is 0 Å². The molecular formula is C18H39NO. The fraction of sp³-hybridized carbons (Fsp3) is 1.00. The largest absolute Gasteiger partial charge is 0.394 e. The summed E-state index contributed by atoms with van der Waals surface area (Å²) in [6.45, 7) is 4.47. The fourth-order valence-electron chi connectivity index (χ4n) is 2.69. The first-order chi connectivity index (χ1) is 9.68. The van der Waals surface area contributed by atoms with E-state index in [9.17, 15) is 5.11 Å². The number of hydrogen-bond donors (Lipinski definition) is 2. The number of rotatable bonds is 15. The summed E-state index contributed by atoms with van der Waals surface area (Å²) in [6.07, 6.45) is 18.3. The topological polar surface area (TPSA) is 46.2 Å². The quantitative estimate of drug-likeness (QED) is 0.407. The van der Waals surface area contributed by atoms with E-state index in [0.29, 0.717) is 0 Å². The van der Waals surface area contributed by atoms with Gasteiger partial charge in [-0.1, -0.05) is 90.9 Å². The van der Waals surface area contributed by atoms with Crippen molar-refractivity contribution in [3.05, 3.63) is 0 Å². The highest BCUT2D eigenvalue weighted by molar-refractivity contribution is 4.81. The minimum absolute atomic E-state index is 0.127. The Morgan fingerprint density at radius 3 is 1.45 bits per heavy atom. The van der Waals surface area contributed by atoms with E-state index in [0.717, 1.165) is 12.8 Å². The molecule has 1 atom stereocenters. The van der Waals surface area contributed by atoms with Crippen molar-refractivity contribution in [2.24, 2.45) is 5.73 Å². The summed E-state index contributed by atoms with van der Waals surface area (Å²) >= 11 is 0. The molecule has 0 aromatic carbocycles. The summed E-state index contributed by atoms with van der Waals surface area (Å²) < 4.78 is 0. The average molecular weight is 286 g/mol. The van der Waals surface area contributed by atoms with Gasteiger partial charge in [0.05, 0.1) is 6.61 Å². The molecule has 0 spiro atoms. The smallest absolute Gasteiger partial charge is 0.0611 e. The Kier molecular flexibility index (Phi) is 13.8. The zero-order valence-corrected chi connectivity index (χ0v) is 14.1. The molecular weight excluding hydrogens is 246 g/mol. The van der Waals surface area contributed by atoms with Crippen LogP contribution < -0.4 is 5.73 Å². The molecule has 0 rings (SSSR count). The van der Waals surface area contributed by atoms with Crippen LogP contribution in [0.5, 0.6) is 0 Å². The van der Waals surface area contributed by atoms with E-state index in [1.54, 1.807) is 0 Å². The third-order valence-corrected chi connectivity index (χ3v) is 4.55. The molecule has 1 unspecified atom stereocenters. The maximum Gasteiger partial charge on any atom is 0.0611 e. The molecule has 0 saturated heterocycles. The third kappa shape index (κ3) is 11.7. The van der Waals surface area contributed by atoms with Crippen molar-refractivity contribution in [1.82, 2.24) is 0 Å². The van der Waals surface area contributed by atoms with Crippen molar-refractivity contribution in [2.75, 3.05) is 6.61 Å². The van der Waals surface area contributed by atoms with Gasteiger partial charge in [-0.2, -0.15) is 0 Å². The van der Waals surface area contributed by atoms with Crippen molar-refractivity contribution >= 4 is 0 Å². The second-order valence-corrected chi connectivity index (χ2v) is 6.51.